The number of piperidine rings is 1. The minimum Gasteiger partial charge on any atom is -0.491 e. The maximum absolute atomic E-state index is 9.70. The fraction of sp³-hybridized carbons (Fsp3) is 0.536. The number of hydrogen-bond donors (Lipinski definition) is 0. The van der Waals surface area contributed by atoms with E-state index in [4.69, 9.17) is 14.5 Å². The predicted molar refractivity (Wildman–Crippen MR) is 140 cm³/mol. The Kier molecular flexibility index (Phi) is 5.96. The average Bonchev–Trinajstić information content (AvgIpc) is 3.69. The van der Waals surface area contributed by atoms with Gasteiger partial charge in [0.25, 0.3) is 0 Å². The highest BCUT2D eigenvalue weighted by atomic mass is 16.5. The van der Waals surface area contributed by atoms with E-state index >= 15 is 0 Å². The van der Waals surface area contributed by atoms with Gasteiger partial charge in [-0.05, 0) is 43.4 Å². The van der Waals surface area contributed by atoms with Crippen LogP contribution in [-0.4, -0.2) is 95.6 Å². The van der Waals surface area contributed by atoms with Crippen LogP contribution in [0.25, 0.3) is 16.6 Å². The van der Waals surface area contributed by atoms with Crippen LogP contribution in [0.4, 0.5) is 5.82 Å². The molecular weight excluding hydrogens is 466 g/mol. The molecule has 0 aromatic carbocycles. The molecule has 9 nitrogen and oxygen atoms in total. The molecule has 0 amide bonds. The number of ether oxygens (including phenoxy) is 2. The Morgan fingerprint density at radius 2 is 1.95 bits per heavy atom. The van der Waals surface area contributed by atoms with Crippen LogP contribution < -0.4 is 9.64 Å². The number of hydrogen-bond acceptors (Lipinski definition) is 8. The Morgan fingerprint density at radius 1 is 1.11 bits per heavy atom. The van der Waals surface area contributed by atoms with Gasteiger partial charge in [0.1, 0.15) is 24.2 Å². The van der Waals surface area contributed by atoms with Crippen LogP contribution in [0.3, 0.4) is 0 Å². The zero-order valence-corrected chi connectivity index (χ0v) is 21.1. The molecule has 1 aliphatic carbocycles. The third kappa shape index (κ3) is 4.54. The van der Waals surface area contributed by atoms with E-state index in [2.05, 4.69) is 38.0 Å². The molecule has 2 unspecified atom stereocenters. The van der Waals surface area contributed by atoms with Gasteiger partial charge < -0.3 is 14.4 Å². The number of anilines is 1. The Hall–Kier alpha value is -3.19. The van der Waals surface area contributed by atoms with Crippen molar-refractivity contribution in [2.75, 3.05) is 64.0 Å². The highest BCUT2D eigenvalue weighted by Crippen LogP contribution is 2.39. The lowest BCUT2D eigenvalue weighted by Crippen LogP contribution is -2.69. The highest BCUT2D eigenvalue weighted by Gasteiger charge is 2.46. The second-order valence-corrected chi connectivity index (χ2v) is 10.8. The summed E-state index contributed by atoms with van der Waals surface area (Å²) in [4.78, 5) is 12.4. The minimum absolute atomic E-state index is 0.547. The molecule has 8 rings (SSSR count). The lowest BCUT2D eigenvalue weighted by molar-refractivity contribution is -0.00476. The zero-order valence-electron chi connectivity index (χ0n) is 21.1. The molecule has 3 aromatic heterocycles. The first-order valence-corrected chi connectivity index (χ1v) is 13.6. The van der Waals surface area contributed by atoms with Crippen molar-refractivity contribution >= 4 is 11.3 Å². The van der Waals surface area contributed by atoms with Crippen molar-refractivity contribution in [1.29, 1.82) is 5.26 Å². The summed E-state index contributed by atoms with van der Waals surface area (Å²) in [6.45, 7) is 8.29. The normalized spacial score (nSPS) is 24.1. The van der Waals surface area contributed by atoms with Crippen molar-refractivity contribution in [1.82, 2.24) is 24.4 Å². The number of morpholine rings is 1. The molecule has 2 atom stereocenters. The van der Waals surface area contributed by atoms with Crippen LogP contribution >= 0.6 is 0 Å². The van der Waals surface area contributed by atoms with Crippen LogP contribution in [0.2, 0.25) is 0 Å². The standard InChI is InChI=1S/C28H33N7O2/c29-13-22-15-31-35-19-25(37-10-7-32-5-8-36-9-6-32)12-26(28(22)35)21-3-4-27(30-14-21)33-17-23-11-24(18-33)34(23)16-20-1-2-20/h3-4,12,14-15,19-20,23-24H,1-2,5-11,16-18H2. The molecule has 1 saturated carbocycles. The van der Waals surface area contributed by atoms with Gasteiger partial charge in [0.05, 0.1) is 36.7 Å². The van der Waals surface area contributed by atoms with Crippen molar-refractivity contribution in [3.63, 3.8) is 0 Å². The Morgan fingerprint density at radius 3 is 2.68 bits per heavy atom. The Balaban J connectivity index is 1.09. The number of piperazine rings is 1. The fourth-order valence-electron chi connectivity index (χ4n) is 6.10. The maximum Gasteiger partial charge on any atom is 0.138 e. The predicted octanol–water partition coefficient (Wildman–Crippen LogP) is 2.65. The number of nitrogens with zero attached hydrogens (tertiary/aromatic N) is 7. The highest BCUT2D eigenvalue weighted by molar-refractivity contribution is 5.85. The van der Waals surface area contributed by atoms with Gasteiger partial charge in [-0.25, -0.2) is 9.50 Å². The summed E-state index contributed by atoms with van der Waals surface area (Å²) < 4.78 is 13.3. The molecule has 37 heavy (non-hydrogen) atoms. The van der Waals surface area contributed by atoms with E-state index in [1.165, 1.54) is 25.8 Å². The van der Waals surface area contributed by atoms with E-state index in [0.717, 1.165) is 80.1 Å². The van der Waals surface area contributed by atoms with E-state index in [9.17, 15) is 5.26 Å². The largest absolute Gasteiger partial charge is 0.491 e. The molecule has 0 radical (unpaired) electrons. The first-order valence-electron chi connectivity index (χ1n) is 13.6. The second kappa shape index (κ2) is 9.60. The van der Waals surface area contributed by atoms with Crippen LogP contribution in [-0.2, 0) is 4.74 Å². The van der Waals surface area contributed by atoms with E-state index in [-0.39, 0.29) is 0 Å². The molecule has 3 aromatic rings. The molecular formula is C28H33N7O2. The quantitative estimate of drug-likeness (QED) is 0.468. The summed E-state index contributed by atoms with van der Waals surface area (Å²) in [6, 6.07) is 9.89. The van der Waals surface area contributed by atoms with E-state index in [1.807, 2.05) is 18.5 Å². The van der Waals surface area contributed by atoms with E-state index < -0.39 is 0 Å². The summed E-state index contributed by atoms with van der Waals surface area (Å²) in [5.74, 6) is 2.72. The molecule has 0 spiro atoms. The molecule has 5 aliphatic rings. The smallest absolute Gasteiger partial charge is 0.138 e. The van der Waals surface area contributed by atoms with Crippen LogP contribution in [0.15, 0.2) is 36.8 Å². The molecule has 4 aliphatic heterocycles. The zero-order chi connectivity index (χ0) is 24.8. The van der Waals surface area contributed by atoms with Gasteiger partial charge in [-0.1, -0.05) is 0 Å². The lowest BCUT2D eigenvalue weighted by atomic mass is 9.87. The number of rotatable bonds is 8. The van der Waals surface area contributed by atoms with Crippen LogP contribution in [0.1, 0.15) is 24.8 Å². The van der Waals surface area contributed by atoms with Crippen LogP contribution in [0.5, 0.6) is 5.75 Å². The Bertz CT molecular complexity index is 1290. The summed E-state index contributed by atoms with van der Waals surface area (Å²) in [7, 11) is 0. The molecule has 5 fully saturated rings. The van der Waals surface area contributed by atoms with Crippen molar-refractivity contribution in [3.05, 3.63) is 42.4 Å². The van der Waals surface area contributed by atoms with Crippen molar-refractivity contribution in [2.45, 2.75) is 31.3 Å². The third-order valence-electron chi connectivity index (χ3n) is 8.38. The van der Waals surface area contributed by atoms with Gasteiger partial charge >= 0.3 is 0 Å². The van der Waals surface area contributed by atoms with Crippen molar-refractivity contribution in [2.24, 2.45) is 5.92 Å². The van der Waals surface area contributed by atoms with Gasteiger partial charge in [0, 0.05) is 68.7 Å². The molecule has 192 valence electrons. The fourth-order valence-corrected chi connectivity index (χ4v) is 6.10. The monoisotopic (exact) mass is 499 g/mol. The van der Waals surface area contributed by atoms with Gasteiger partial charge in [-0.3, -0.25) is 9.80 Å². The first-order chi connectivity index (χ1) is 18.2. The topological polar surface area (TPSA) is 82.2 Å². The lowest BCUT2D eigenvalue weighted by Gasteiger charge is -2.57. The van der Waals surface area contributed by atoms with Crippen molar-refractivity contribution < 1.29 is 9.47 Å². The van der Waals surface area contributed by atoms with E-state index in [1.54, 1.807) is 10.7 Å². The maximum atomic E-state index is 9.70. The van der Waals surface area contributed by atoms with Crippen molar-refractivity contribution in [3.8, 4) is 22.9 Å². The average molecular weight is 500 g/mol. The number of nitriles is 1. The number of aromatic nitrogens is 3. The van der Waals surface area contributed by atoms with Gasteiger partial charge in [-0.2, -0.15) is 10.4 Å². The summed E-state index contributed by atoms with van der Waals surface area (Å²) >= 11 is 0. The SMILES string of the molecule is N#Cc1cnn2cc(OCCN3CCOCC3)cc(-c3ccc(N4CC5CC(C4)N5CC4CC4)nc3)c12. The van der Waals surface area contributed by atoms with Gasteiger partial charge in [0.2, 0.25) is 0 Å². The molecule has 7 heterocycles. The molecule has 0 N–H and O–H groups in total. The number of pyridine rings is 2. The second-order valence-electron chi connectivity index (χ2n) is 10.8. The Labute approximate surface area is 217 Å². The van der Waals surface area contributed by atoms with Gasteiger partial charge in [0.15, 0.2) is 0 Å². The van der Waals surface area contributed by atoms with Crippen LogP contribution in [0, 0.1) is 17.2 Å². The summed E-state index contributed by atoms with van der Waals surface area (Å²) in [5.41, 5.74) is 3.20. The molecule has 9 heteroatoms. The summed E-state index contributed by atoms with van der Waals surface area (Å²) in [5, 5.41) is 14.1. The minimum atomic E-state index is 0.547. The molecule has 4 saturated heterocycles. The molecule has 2 bridgehead atoms. The summed E-state index contributed by atoms with van der Waals surface area (Å²) in [6.07, 6.45) is 9.57. The third-order valence-corrected chi connectivity index (χ3v) is 8.38. The first kappa shape index (κ1) is 23.0. The van der Waals surface area contributed by atoms with E-state index in [0.29, 0.717) is 24.3 Å². The van der Waals surface area contributed by atoms with Gasteiger partial charge in [-0.15, -0.1) is 0 Å². The number of fused-ring (bicyclic) bond motifs is 3.